The van der Waals surface area contributed by atoms with Crippen LogP contribution in [-0.2, 0) is 0 Å². The van der Waals surface area contributed by atoms with Gasteiger partial charge in [-0.3, -0.25) is 5.43 Å². The summed E-state index contributed by atoms with van der Waals surface area (Å²) < 4.78 is 1.88. The summed E-state index contributed by atoms with van der Waals surface area (Å²) in [5, 5.41) is 13.2. The zero-order valence-corrected chi connectivity index (χ0v) is 18.0. The molecule has 1 aliphatic rings. The Morgan fingerprint density at radius 3 is 2.53 bits per heavy atom. The van der Waals surface area contributed by atoms with Crippen molar-refractivity contribution < 1.29 is 0 Å². The second kappa shape index (κ2) is 9.67. The Morgan fingerprint density at radius 2 is 1.80 bits per heavy atom. The lowest BCUT2D eigenvalue weighted by Gasteiger charge is -2.23. The first-order chi connectivity index (χ1) is 14.7. The van der Waals surface area contributed by atoms with Gasteiger partial charge in [0, 0.05) is 23.4 Å². The third kappa shape index (κ3) is 5.13. The van der Waals surface area contributed by atoms with Crippen LogP contribution in [0.5, 0.6) is 0 Å². The van der Waals surface area contributed by atoms with Crippen molar-refractivity contribution >= 4 is 23.5 Å². The smallest absolute Gasteiger partial charge is 0.187 e. The predicted octanol–water partition coefficient (Wildman–Crippen LogP) is 4.98. The van der Waals surface area contributed by atoms with Gasteiger partial charge in [-0.25, -0.2) is 4.68 Å². The quantitative estimate of drug-likeness (QED) is 0.349. The molecule has 1 fully saturated rings. The zero-order valence-electron chi connectivity index (χ0n) is 17.2. The highest BCUT2D eigenvalue weighted by Gasteiger charge is 2.14. The number of aryl methyl sites for hydroxylation is 1. The van der Waals surface area contributed by atoms with Crippen molar-refractivity contribution in [1.82, 2.24) is 20.5 Å². The summed E-state index contributed by atoms with van der Waals surface area (Å²) >= 11 is 5.42. The molecule has 0 bridgehead atoms. The molecule has 0 amide bonds. The van der Waals surface area contributed by atoms with Crippen molar-refractivity contribution in [2.75, 3.05) is 0 Å². The molecule has 3 aromatic rings. The molecule has 0 radical (unpaired) electrons. The highest BCUT2D eigenvalue weighted by atomic mass is 32.1. The number of aromatic nitrogens is 2. The maximum absolute atomic E-state index is 5.42. The monoisotopic (exact) mass is 417 g/mol. The van der Waals surface area contributed by atoms with Crippen molar-refractivity contribution in [3.05, 3.63) is 71.9 Å². The van der Waals surface area contributed by atoms with Crippen LogP contribution in [0.2, 0.25) is 0 Å². The van der Waals surface area contributed by atoms with Crippen molar-refractivity contribution in [2.24, 2.45) is 5.10 Å². The summed E-state index contributed by atoms with van der Waals surface area (Å²) in [6.07, 6.45) is 9.98. The first kappa shape index (κ1) is 20.3. The zero-order chi connectivity index (χ0) is 20.8. The van der Waals surface area contributed by atoms with E-state index in [1.165, 1.54) is 37.7 Å². The molecule has 0 atom stereocenters. The number of nitrogens with one attached hydrogen (secondary N) is 2. The molecule has 1 aromatic heterocycles. The Kier molecular flexibility index (Phi) is 6.54. The summed E-state index contributed by atoms with van der Waals surface area (Å²) in [4.78, 5) is 0. The molecule has 1 aliphatic carbocycles. The molecule has 1 heterocycles. The molecular weight excluding hydrogens is 390 g/mol. The standard InChI is InChI=1S/C24H27N5S/c1-18-12-14-19(15-13-18)23-20(17-29(28-23)22-10-6-3-7-11-22)16-25-27-24(30)26-21-8-4-2-5-9-21/h3,6-7,10-17,21H,2,4-5,8-9H2,1H3,(H2,26,27,30)/b25-16+. The van der Waals surface area contributed by atoms with E-state index in [1.54, 1.807) is 6.21 Å². The Balaban J connectivity index is 1.53. The summed E-state index contributed by atoms with van der Waals surface area (Å²) in [6, 6.07) is 18.9. The van der Waals surface area contributed by atoms with Crippen molar-refractivity contribution in [1.29, 1.82) is 0 Å². The fraction of sp³-hybridized carbons (Fsp3) is 0.292. The highest BCUT2D eigenvalue weighted by Crippen LogP contribution is 2.23. The van der Waals surface area contributed by atoms with Crippen LogP contribution in [0.3, 0.4) is 0 Å². The van der Waals surface area contributed by atoms with Gasteiger partial charge in [0.1, 0.15) is 5.69 Å². The molecule has 30 heavy (non-hydrogen) atoms. The summed E-state index contributed by atoms with van der Waals surface area (Å²) in [5.41, 5.74) is 8.06. The molecule has 1 saturated carbocycles. The first-order valence-electron chi connectivity index (χ1n) is 10.5. The molecule has 5 nitrogen and oxygen atoms in total. The van der Waals surface area contributed by atoms with Gasteiger partial charge < -0.3 is 5.32 Å². The second-order valence-electron chi connectivity index (χ2n) is 7.76. The second-order valence-corrected chi connectivity index (χ2v) is 8.17. The number of rotatable bonds is 5. The summed E-state index contributed by atoms with van der Waals surface area (Å²) in [7, 11) is 0. The van der Waals surface area contributed by atoms with E-state index in [-0.39, 0.29) is 0 Å². The molecule has 0 spiro atoms. The molecule has 2 aromatic carbocycles. The topological polar surface area (TPSA) is 54.2 Å². The van der Waals surface area contributed by atoms with E-state index in [9.17, 15) is 0 Å². The Bertz CT molecular complexity index is 1000. The lowest BCUT2D eigenvalue weighted by atomic mass is 9.96. The maximum Gasteiger partial charge on any atom is 0.187 e. The third-order valence-electron chi connectivity index (χ3n) is 5.40. The minimum atomic E-state index is 0.456. The van der Waals surface area contributed by atoms with Crippen LogP contribution < -0.4 is 10.7 Å². The van der Waals surface area contributed by atoms with Crippen molar-refractivity contribution in [3.63, 3.8) is 0 Å². The van der Waals surface area contributed by atoms with Crippen LogP contribution in [-0.4, -0.2) is 27.1 Å². The number of para-hydroxylation sites is 1. The van der Waals surface area contributed by atoms with Gasteiger partial charge in [0.05, 0.1) is 11.9 Å². The van der Waals surface area contributed by atoms with Gasteiger partial charge in [-0.2, -0.15) is 10.2 Å². The number of hydrazone groups is 1. The average Bonchev–Trinajstić information content (AvgIpc) is 3.20. The van der Waals surface area contributed by atoms with Gasteiger partial charge in [-0.15, -0.1) is 0 Å². The summed E-state index contributed by atoms with van der Waals surface area (Å²) in [5.74, 6) is 0. The molecule has 6 heteroatoms. The van der Waals surface area contributed by atoms with Crippen LogP contribution >= 0.6 is 12.2 Å². The van der Waals surface area contributed by atoms with Crippen molar-refractivity contribution in [3.8, 4) is 16.9 Å². The fourth-order valence-electron chi connectivity index (χ4n) is 3.76. The Morgan fingerprint density at radius 1 is 1.07 bits per heavy atom. The Labute approximate surface area is 183 Å². The van der Waals surface area contributed by atoms with Gasteiger partial charge in [0.15, 0.2) is 5.11 Å². The van der Waals surface area contributed by atoms with Gasteiger partial charge in [-0.1, -0.05) is 67.3 Å². The SMILES string of the molecule is Cc1ccc(-c2nn(-c3ccccc3)cc2/C=N/NC(=S)NC2CCCCC2)cc1. The minimum absolute atomic E-state index is 0.456. The maximum atomic E-state index is 5.42. The van der Waals surface area contributed by atoms with Crippen LogP contribution in [0.1, 0.15) is 43.2 Å². The molecule has 154 valence electrons. The number of hydrogen-bond donors (Lipinski definition) is 2. The number of hydrogen-bond acceptors (Lipinski definition) is 3. The molecule has 0 aliphatic heterocycles. The highest BCUT2D eigenvalue weighted by molar-refractivity contribution is 7.80. The predicted molar refractivity (Wildman–Crippen MR) is 127 cm³/mol. The lowest BCUT2D eigenvalue weighted by Crippen LogP contribution is -2.40. The minimum Gasteiger partial charge on any atom is -0.359 e. The van der Waals surface area contributed by atoms with E-state index in [0.717, 1.165) is 22.5 Å². The summed E-state index contributed by atoms with van der Waals surface area (Å²) in [6.45, 7) is 2.08. The van der Waals surface area contributed by atoms with Gasteiger partial charge in [0.25, 0.3) is 0 Å². The van der Waals surface area contributed by atoms with Gasteiger partial charge in [0.2, 0.25) is 0 Å². The molecular formula is C24H27N5S. The normalized spacial score (nSPS) is 14.7. The van der Waals surface area contributed by atoms with E-state index in [0.29, 0.717) is 11.2 Å². The molecule has 0 unspecified atom stereocenters. The lowest BCUT2D eigenvalue weighted by molar-refractivity contribution is 0.412. The van der Waals surface area contributed by atoms with E-state index >= 15 is 0 Å². The molecule has 4 rings (SSSR count). The van der Waals surface area contributed by atoms with Crippen LogP contribution in [0.15, 0.2) is 65.9 Å². The largest absolute Gasteiger partial charge is 0.359 e. The number of thiocarbonyl (C=S) groups is 1. The average molecular weight is 418 g/mol. The van der Waals surface area contributed by atoms with E-state index in [4.69, 9.17) is 17.3 Å². The first-order valence-corrected chi connectivity index (χ1v) is 10.9. The fourth-order valence-corrected chi connectivity index (χ4v) is 3.97. The molecule has 0 saturated heterocycles. The third-order valence-corrected chi connectivity index (χ3v) is 5.61. The van der Waals surface area contributed by atoms with Crippen LogP contribution in [0.4, 0.5) is 0 Å². The van der Waals surface area contributed by atoms with Crippen molar-refractivity contribution in [2.45, 2.75) is 45.1 Å². The van der Waals surface area contributed by atoms with E-state index in [1.807, 2.05) is 41.2 Å². The van der Waals surface area contributed by atoms with Crippen LogP contribution in [0, 0.1) is 6.92 Å². The van der Waals surface area contributed by atoms with Crippen LogP contribution in [0.25, 0.3) is 16.9 Å². The van der Waals surface area contributed by atoms with E-state index in [2.05, 4.69) is 47.0 Å². The number of nitrogens with zero attached hydrogens (tertiary/aromatic N) is 3. The Hall–Kier alpha value is -2.99. The van der Waals surface area contributed by atoms with E-state index < -0.39 is 0 Å². The van der Waals surface area contributed by atoms with Gasteiger partial charge >= 0.3 is 0 Å². The van der Waals surface area contributed by atoms with Gasteiger partial charge in [-0.05, 0) is 44.1 Å². The molecule has 2 N–H and O–H groups in total. The number of benzene rings is 2.